The van der Waals surface area contributed by atoms with Crippen LogP contribution in [0.25, 0.3) is 0 Å². The molecule has 1 unspecified atom stereocenters. The van der Waals surface area contributed by atoms with Gasteiger partial charge in [0.1, 0.15) is 18.0 Å². The zero-order chi connectivity index (χ0) is 11.5. The number of nitrogen functional groups attached to an aromatic ring is 1. The Morgan fingerprint density at radius 3 is 3.00 bits per heavy atom. The molecule has 1 aromatic rings. The third-order valence-corrected chi connectivity index (χ3v) is 3.16. The average molecular weight is 221 g/mol. The average Bonchev–Trinajstić information content (AvgIpc) is 2.78. The Labute approximate surface area is 96.0 Å². The topological polar surface area (TPSA) is 67.1 Å². The Bertz CT molecular complexity index is 352. The minimum absolute atomic E-state index is 0.584. The lowest BCUT2D eigenvalue weighted by molar-refractivity contribution is 0.489. The van der Waals surface area contributed by atoms with Crippen molar-refractivity contribution in [3.8, 4) is 0 Å². The molecule has 3 N–H and O–H groups in total. The minimum Gasteiger partial charge on any atom is -0.353 e. The molecule has 5 heteroatoms. The van der Waals surface area contributed by atoms with E-state index < -0.39 is 0 Å². The van der Waals surface area contributed by atoms with E-state index in [4.69, 9.17) is 5.84 Å². The maximum Gasteiger partial charge on any atom is 0.145 e. The first kappa shape index (κ1) is 11.1. The second-order valence-corrected chi connectivity index (χ2v) is 4.55. The molecule has 1 saturated heterocycles. The summed E-state index contributed by atoms with van der Waals surface area (Å²) in [6.07, 6.45) is 4.03. The van der Waals surface area contributed by atoms with Crippen LogP contribution in [0.1, 0.15) is 26.7 Å². The summed E-state index contributed by atoms with van der Waals surface area (Å²) in [5, 5.41) is 0. The van der Waals surface area contributed by atoms with Gasteiger partial charge in [0, 0.05) is 18.7 Å². The normalized spacial score (nSPS) is 20.5. The highest BCUT2D eigenvalue weighted by Crippen LogP contribution is 2.28. The number of hydrazine groups is 1. The Morgan fingerprint density at radius 1 is 1.50 bits per heavy atom. The Morgan fingerprint density at radius 2 is 2.31 bits per heavy atom. The summed E-state index contributed by atoms with van der Waals surface area (Å²) in [5.74, 6) is 7.64. The van der Waals surface area contributed by atoms with Crippen molar-refractivity contribution in [2.75, 3.05) is 16.9 Å². The number of aromatic nitrogens is 2. The van der Waals surface area contributed by atoms with Crippen molar-refractivity contribution in [1.82, 2.24) is 9.97 Å². The summed E-state index contributed by atoms with van der Waals surface area (Å²) in [6, 6.07) is 2.49. The van der Waals surface area contributed by atoms with E-state index >= 15 is 0 Å². The van der Waals surface area contributed by atoms with Crippen molar-refractivity contribution in [2.45, 2.75) is 32.7 Å². The molecule has 0 bridgehead atoms. The molecule has 1 fully saturated rings. The van der Waals surface area contributed by atoms with Gasteiger partial charge in [0.25, 0.3) is 0 Å². The molecule has 0 aromatic carbocycles. The zero-order valence-electron chi connectivity index (χ0n) is 9.85. The zero-order valence-corrected chi connectivity index (χ0v) is 9.85. The van der Waals surface area contributed by atoms with Crippen LogP contribution in [0.3, 0.4) is 0 Å². The third-order valence-electron chi connectivity index (χ3n) is 3.16. The summed E-state index contributed by atoms with van der Waals surface area (Å²) in [5.41, 5.74) is 2.56. The fourth-order valence-corrected chi connectivity index (χ4v) is 2.35. The third kappa shape index (κ3) is 2.09. The van der Waals surface area contributed by atoms with E-state index in [1.807, 2.05) is 6.07 Å². The smallest absolute Gasteiger partial charge is 0.145 e. The van der Waals surface area contributed by atoms with Gasteiger partial charge >= 0.3 is 0 Å². The first-order chi connectivity index (χ1) is 7.72. The fraction of sp³-hybridized carbons (Fsp3) is 0.636. The first-order valence-corrected chi connectivity index (χ1v) is 5.77. The van der Waals surface area contributed by atoms with Gasteiger partial charge in [0.15, 0.2) is 0 Å². The summed E-state index contributed by atoms with van der Waals surface area (Å²) < 4.78 is 0. The summed E-state index contributed by atoms with van der Waals surface area (Å²) in [4.78, 5) is 10.7. The molecular formula is C11H19N5. The number of rotatable bonds is 3. The highest BCUT2D eigenvalue weighted by atomic mass is 15.3. The molecule has 1 aliphatic heterocycles. The monoisotopic (exact) mass is 221 g/mol. The molecule has 2 heterocycles. The summed E-state index contributed by atoms with van der Waals surface area (Å²) >= 11 is 0. The number of hydrogen-bond donors (Lipinski definition) is 2. The Balaban J connectivity index is 2.22. The molecule has 2 rings (SSSR count). The lowest BCUT2D eigenvalue weighted by Crippen LogP contribution is -2.34. The maximum atomic E-state index is 5.35. The maximum absolute atomic E-state index is 5.35. The molecule has 1 aromatic heterocycles. The van der Waals surface area contributed by atoms with Gasteiger partial charge < -0.3 is 10.3 Å². The molecule has 1 atom stereocenters. The summed E-state index contributed by atoms with van der Waals surface area (Å²) in [6.45, 7) is 5.59. The molecule has 5 nitrogen and oxygen atoms in total. The number of nitrogens with two attached hydrogens (primary N) is 1. The van der Waals surface area contributed by atoms with Gasteiger partial charge in [-0.15, -0.1) is 0 Å². The van der Waals surface area contributed by atoms with E-state index in [0.29, 0.717) is 17.8 Å². The van der Waals surface area contributed by atoms with Crippen LogP contribution in [0.15, 0.2) is 12.4 Å². The molecular weight excluding hydrogens is 202 g/mol. The standard InChI is InChI=1S/C11H19N5/c1-8(2)9-4-3-5-16(9)11-6-10(15-12)13-7-14-11/h6-9H,3-5,12H2,1-2H3,(H,13,14,15). The minimum atomic E-state index is 0.584. The number of anilines is 2. The predicted octanol–water partition coefficient (Wildman–Crippen LogP) is 1.39. The predicted molar refractivity (Wildman–Crippen MR) is 65.0 cm³/mol. The first-order valence-electron chi connectivity index (χ1n) is 5.77. The van der Waals surface area contributed by atoms with Crippen LogP contribution in [0, 0.1) is 5.92 Å². The SMILES string of the molecule is CC(C)C1CCCN1c1cc(NN)ncn1. The largest absolute Gasteiger partial charge is 0.353 e. The van der Waals surface area contributed by atoms with Crippen LogP contribution in [-0.2, 0) is 0 Å². The highest BCUT2D eigenvalue weighted by Gasteiger charge is 2.28. The van der Waals surface area contributed by atoms with E-state index in [-0.39, 0.29) is 0 Å². The highest BCUT2D eigenvalue weighted by molar-refractivity contribution is 5.49. The van der Waals surface area contributed by atoms with E-state index in [2.05, 4.69) is 34.1 Å². The van der Waals surface area contributed by atoms with Gasteiger partial charge in [-0.3, -0.25) is 0 Å². The van der Waals surface area contributed by atoms with Crippen LogP contribution >= 0.6 is 0 Å². The number of hydrogen-bond acceptors (Lipinski definition) is 5. The molecule has 0 saturated carbocycles. The molecule has 0 aliphatic carbocycles. The van der Waals surface area contributed by atoms with Gasteiger partial charge in [-0.2, -0.15) is 0 Å². The van der Waals surface area contributed by atoms with Crippen LogP contribution in [0.5, 0.6) is 0 Å². The van der Waals surface area contributed by atoms with Crippen molar-refractivity contribution >= 4 is 11.6 Å². The number of nitrogens with zero attached hydrogens (tertiary/aromatic N) is 3. The molecule has 0 spiro atoms. The van der Waals surface area contributed by atoms with Gasteiger partial charge in [0.05, 0.1) is 0 Å². The Hall–Kier alpha value is -1.36. The molecule has 1 aliphatic rings. The van der Waals surface area contributed by atoms with E-state index in [1.54, 1.807) is 6.33 Å². The van der Waals surface area contributed by atoms with Gasteiger partial charge in [0.2, 0.25) is 0 Å². The van der Waals surface area contributed by atoms with Crippen molar-refractivity contribution in [1.29, 1.82) is 0 Å². The molecule has 16 heavy (non-hydrogen) atoms. The second kappa shape index (κ2) is 4.65. The molecule has 88 valence electrons. The Kier molecular flexibility index (Phi) is 3.24. The van der Waals surface area contributed by atoms with Crippen LogP contribution in [0.2, 0.25) is 0 Å². The van der Waals surface area contributed by atoms with Crippen LogP contribution in [-0.4, -0.2) is 22.6 Å². The number of nitrogens with one attached hydrogen (secondary N) is 1. The van der Waals surface area contributed by atoms with Gasteiger partial charge in [-0.25, -0.2) is 15.8 Å². The van der Waals surface area contributed by atoms with Crippen molar-refractivity contribution in [2.24, 2.45) is 11.8 Å². The van der Waals surface area contributed by atoms with Crippen LogP contribution < -0.4 is 16.2 Å². The molecule has 0 amide bonds. The van der Waals surface area contributed by atoms with Crippen LogP contribution in [0.4, 0.5) is 11.6 Å². The lowest BCUT2D eigenvalue weighted by atomic mass is 10.0. The van der Waals surface area contributed by atoms with Crippen molar-refractivity contribution < 1.29 is 0 Å². The second-order valence-electron chi connectivity index (χ2n) is 4.55. The van der Waals surface area contributed by atoms with E-state index in [1.165, 1.54) is 12.8 Å². The quantitative estimate of drug-likeness (QED) is 0.596. The van der Waals surface area contributed by atoms with Gasteiger partial charge in [-0.1, -0.05) is 13.8 Å². The molecule has 0 radical (unpaired) electrons. The van der Waals surface area contributed by atoms with E-state index in [9.17, 15) is 0 Å². The van der Waals surface area contributed by atoms with Crippen molar-refractivity contribution in [3.63, 3.8) is 0 Å². The van der Waals surface area contributed by atoms with Gasteiger partial charge in [-0.05, 0) is 18.8 Å². The fourth-order valence-electron chi connectivity index (χ4n) is 2.35. The van der Waals surface area contributed by atoms with E-state index in [0.717, 1.165) is 12.4 Å². The summed E-state index contributed by atoms with van der Waals surface area (Å²) in [7, 11) is 0. The lowest BCUT2D eigenvalue weighted by Gasteiger charge is -2.28. The van der Waals surface area contributed by atoms with Crippen molar-refractivity contribution in [3.05, 3.63) is 12.4 Å².